The number of primary amides is 1. The van der Waals surface area contributed by atoms with Gasteiger partial charge in [-0.2, -0.15) is 0 Å². The van der Waals surface area contributed by atoms with E-state index in [9.17, 15) is 24.0 Å². The summed E-state index contributed by atoms with van der Waals surface area (Å²) >= 11 is 0. The van der Waals surface area contributed by atoms with E-state index in [1.165, 1.54) is 0 Å². The number of aliphatic carboxylic acids is 1. The van der Waals surface area contributed by atoms with E-state index >= 15 is 0 Å². The van der Waals surface area contributed by atoms with Crippen LogP contribution >= 0.6 is 0 Å². The predicted octanol–water partition coefficient (Wildman–Crippen LogP) is -3.15. The van der Waals surface area contributed by atoms with Crippen molar-refractivity contribution in [2.24, 2.45) is 33.8 Å². The Morgan fingerprint density at radius 2 is 1.48 bits per heavy atom. The molecule has 0 radical (unpaired) electrons. The maximum atomic E-state index is 12.8. The maximum absolute atomic E-state index is 12.8. The minimum absolute atomic E-state index is 0.0807. The van der Waals surface area contributed by atoms with Gasteiger partial charge in [0, 0.05) is 13.0 Å². The van der Waals surface area contributed by atoms with Gasteiger partial charge in [-0.15, -0.1) is 0 Å². The summed E-state index contributed by atoms with van der Waals surface area (Å²) in [5, 5.41) is 15.9. The van der Waals surface area contributed by atoms with Crippen LogP contribution in [0.1, 0.15) is 46.0 Å². The third-order valence-electron chi connectivity index (χ3n) is 4.37. The fourth-order valence-corrected chi connectivity index (χ4v) is 2.78. The van der Waals surface area contributed by atoms with Crippen LogP contribution in [0.5, 0.6) is 0 Å². The molecule has 3 atom stereocenters. The summed E-state index contributed by atoms with van der Waals surface area (Å²) in [5.41, 5.74) is 21.5. The number of hydrogen-bond acceptors (Lipinski definition) is 7. The molecule has 0 rings (SSSR count). The summed E-state index contributed by atoms with van der Waals surface area (Å²) in [7, 11) is 0. The number of nitrogens with zero attached hydrogens (tertiary/aromatic N) is 1. The molecular formula is C19H36N8O6. The highest BCUT2D eigenvalue weighted by Gasteiger charge is 2.28. The summed E-state index contributed by atoms with van der Waals surface area (Å²) in [6.07, 6.45) is 0.441. The molecule has 0 saturated heterocycles. The molecule has 0 saturated carbocycles. The van der Waals surface area contributed by atoms with Crippen molar-refractivity contribution in [3.8, 4) is 0 Å². The van der Waals surface area contributed by atoms with E-state index in [2.05, 4.69) is 20.9 Å². The lowest BCUT2D eigenvalue weighted by Gasteiger charge is -2.24. The second kappa shape index (κ2) is 15.4. The molecule has 0 aliphatic carbocycles. The van der Waals surface area contributed by atoms with E-state index < -0.39 is 54.3 Å². The number of nitrogens with one attached hydrogen (secondary N) is 3. The molecule has 188 valence electrons. The van der Waals surface area contributed by atoms with E-state index in [1.807, 2.05) is 13.8 Å². The standard InChI is InChI=1S/C19H36N8O6/c1-10(2)8-11(20)16(31)26-13(5-6-14(21)28)18(33)27-12(4-3-7-24-19(22)23)17(32)25-9-15(29)30/h10-13H,3-9,20H2,1-2H3,(H2,21,28)(H,25,32)(H,26,31)(H,27,33)(H,29,30)(H4,22,23,24). The molecule has 3 unspecified atom stereocenters. The van der Waals surface area contributed by atoms with E-state index in [4.69, 9.17) is 28.0 Å². The molecule has 14 nitrogen and oxygen atoms in total. The predicted molar refractivity (Wildman–Crippen MR) is 120 cm³/mol. The lowest BCUT2D eigenvalue weighted by atomic mass is 10.0. The molecule has 0 heterocycles. The van der Waals surface area contributed by atoms with Gasteiger partial charge in [0.15, 0.2) is 5.96 Å². The van der Waals surface area contributed by atoms with E-state index in [0.29, 0.717) is 12.8 Å². The van der Waals surface area contributed by atoms with Crippen LogP contribution in [-0.4, -0.2) is 71.9 Å². The fourth-order valence-electron chi connectivity index (χ4n) is 2.78. The molecule has 33 heavy (non-hydrogen) atoms. The number of carbonyl (C=O) groups excluding carboxylic acids is 4. The van der Waals surface area contributed by atoms with Crippen LogP contribution in [0.15, 0.2) is 4.99 Å². The molecule has 0 aliphatic heterocycles. The van der Waals surface area contributed by atoms with Gasteiger partial charge in [-0.3, -0.25) is 29.0 Å². The molecule has 0 aliphatic rings. The Hall–Kier alpha value is -3.42. The Balaban J connectivity index is 5.38. The molecule has 0 aromatic rings. The molecular weight excluding hydrogens is 436 g/mol. The molecule has 0 fully saturated rings. The van der Waals surface area contributed by atoms with Crippen molar-refractivity contribution < 1.29 is 29.1 Å². The Labute approximate surface area is 192 Å². The monoisotopic (exact) mass is 472 g/mol. The summed E-state index contributed by atoms with van der Waals surface area (Å²) < 4.78 is 0. The Bertz CT molecular complexity index is 723. The number of guanidine groups is 1. The number of hydrogen-bond donors (Lipinski definition) is 8. The molecule has 14 heteroatoms. The van der Waals surface area contributed by atoms with Crippen molar-refractivity contribution in [1.29, 1.82) is 0 Å². The second-order valence-electron chi connectivity index (χ2n) is 7.92. The van der Waals surface area contributed by atoms with Gasteiger partial charge in [-0.25, -0.2) is 0 Å². The van der Waals surface area contributed by atoms with Gasteiger partial charge in [0.05, 0.1) is 6.04 Å². The van der Waals surface area contributed by atoms with Crippen molar-refractivity contribution in [2.45, 2.75) is 64.1 Å². The minimum atomic E-state index is -1.26. The number of carboxylic acid groups (broad SMARTS) is 1. The van der Waals surface area contributed by atoms with E-state index in [1.54, 1.807) is 0 Å². The topological polar surface area (TPSA) is 258 Å². The summed E-state index contributed by atoms with van der Waals surface area (Å²) in [6, 6.07) is -3.19. The molecule has 0 spiro atoms. The third-order valence-corrected chi connectivity index (χ3v) is 4.37. The third kappa shape index (κ3) is 14.3. The van der Waals surface area contributed by atoms with E-state index in [0.717, 1.165) is 0 Å². The van der Waals surface area contributed by atoms with Crippen molar-refractivity contribution in [3.63, 3.8) is 0 Å². The number of carbonyl (C=O) groups is 5. The number of amides is 4. The quantitative estimate of drug-likeness (QED) is 0.0639. The average Bonchev–Trinajstić information content (AvgIpc) is 2.70. The van der Waals surface area contributed by atoms with Crippen molar-refractivity contribution in [2.75, 3.05) is 13.1 Å². The van der Waals surface area contributed by atoms with Gasteiger partial charge in [-0.1, -0.05) is 13.8 Å². The highest BCUT2D eigenvalue weighted by molar-refractivity contribution is 5.94. The first-order valence-electron chi connectivity index (χ1n) is 10.5. The lowest BCUT2D eigenvalue weighted by molar-refractivity contribution is -0.138. The highest BCUT2D eigenvalue weighted by atomic mass is 16.4. The van der Waals surface area contributed by atoms with Crippen LogP contribution in [0.4, 0.5) is 0 Å². The lowest BCUT2D eigenvalue weighted by Crippen LogP contribution is -2.56. The van der Waals surface area contributed by atoms with Gasteiger partial charge in [0.2, 0.25) is 23.6 Å². The Kier molecular flexibility index (Phi) is 13.8. The van der Waals surface area contributed by atoms with Gasteiger partial charge in [0.1, 0.15) is 18.6 Å². The largest absolute Gasteiger partial charge is 0.480 e. The first-order chi connectivity index (χ1) is 15.3. The normalized spacial score (nSPS) is 13.3. The zero-order chi connectivity index (χ0) is 25.6. The Morgan fingerprint density at radius 1 is 0.909 bits per heavy atom. The highest BCUT2D eigenvalue weighted by Crippen LogP contribution is 2.06. The van der Waals surface area contributed by atoms with E-state index in [-0.39, 0.29) is 37.7 Å². The first-order valence-corrected chi connectivity index (χ1v) is 10.5. The molecule has 12 N–H and O–H groups in total. The number of aliphatic imine (C=N–C) groups is 1. The summed E-state index contributed by atoms with van der Waals surface area (Å²) in [5.74, 6) is -4.03. The summed E-state index contributed by atoms with van der Waals surface area (Å²) in [6.45, 7) is 3.29. The first kappa shape index (κ1) is 29.6. The fraction of sp³-hybridized carbons (Fsp3) is 0.684. The van der Waals surface area contributed by atoms with Crippen LogP contribution in [0.2, 0.25) is 0 Å². The Morgan fingerprint density at radius 3 is 2.00 bits per heavy atom. The zero-order valence-corrected chi connectivity index (χ0v) is 19.0. The smallest absolute Gasteiger partial charge is 0.322 e. The van der Waals surface area contributed by atoms with Gasteiger partial charge < -0.3 is 44.0 Å². The molecule has 0 aromatic heterocycles. The zero-order valence-electron chi connectivity index (χ0n) is 19.0. The van der Waals surface area contributed by atoms with Crippen LogP contribution in [0.3, 0.4) is 0 Å². The summed E-state index contributed by atoms with van der Waals surface area (Å²) in [4.78, 5) is 63.4. The minimum Gasteiger partial charge on any atom is -0.480 e. The second-order valence-corrected chi connectivity index (χ2v) is 7.92. The van der Waals surface area contributed by atoms with Crippen molar-refractivity contribution in [1.82, 2.24) is 16.0 Å². The average molecular weight is 473 g/mol. The number of carboxylic acids is 1. The molecule has 4 amide bonds. The maximum Gasteiger partial charge on any atom is 0.322 e. The number of rotatable bonds is 16. The van der Waals surface area contributed by atoms with Crippen LogP contribution in [0, 0.1) is 5.92 Å². The SMILES string of the molecule is CC(C)CC(N)C(=O)NC(CCC(N)=O)C(=O)NC(CCCN=C(N)N)C(=O)NCC(=O)O. The van der Waals surface area contributed by atoms with Gasteiger partial charge in [0.25, 0.3) is 0 Å². The van der Waals surface area contributed by atoms with Crippen molar-refractivity contribution in [3.05, 3.63) is 0 Å². The van der Waals surface area contributed by atoms with Crippen molar-refractivity contribution >= 4 is 35.6 Å². The van der Waals surface area contributed by atoms with Gasteiger partial charge in [-0.05, 0) is 31.6 Å². The van der Waals surface area contributed by atoms with Gasteiger partial charge >= 0.3 is 5.97 Å². The van der Waals surface area contributed by atoms with Crippen LogP contribution in [-0.2, 0) is 24.0 Å². The molecule has 0 bridgehead atoms. The number of nitrogens with two attached hydrogens (primary N) is 4. The van der Waals surface area contributed by atoms with Crippen LogP contribution in [0.25, 0.3) is 0 Å². The van der Waals surface area contributed by atoms with Crippen LogP contribution < -0.4 is 38.9 Å². The molecule has 0 aromatic carbocycles.